The third-order valence-corrected chi connectivity index (χ3v) is 3.91. The summed E-state index contributed by atoms with van der Waals surface area (Å²) >= 11 is 0. The van der Waals surface area contributed by atoms with Crippen molar-refractivity contribution in [2.75, 3.05) is 12.3 Å². The number of fused-ring (bicyclic) bond motifs is 1. The lowest BCUT2D eigenvalue weighted by Crippen LogP contribution is -2.43. The van der Waals surface area contributed by atoms with Gasteiger partial charge in [0, 0.05) is 0 Å². The van der Waals surface area contributed by atoms with Gasteiger partial charge in [0.15, 0.2) is 0 Å². The monoisotopic (exact) mass is 324 g/mol. The molecule has 0 saturated heterocycles. The molecule has 0 bridgehead atoms. The van der Waals surface area contributed by atoms with Gasteiger partial charge in [-0.2, -0.15) is 0 Å². The Morgan fingerprint density at radius 2 is 1.88 bits per heavy atom. The lowest BCUT2D eigenvalue weighted by atomic mass is 10.3. The molecule has 1 atom stereocenters. The summed E-state index contributed by atoms with van der Waals surface area (Å²) in [4.78, 5) is 0. The first kappa shape index (κ1) is 16.1. The first-order valence-electron chi connectivity index (χ1n) is 7.94. The number of benzene rings is 2. The molecular weight excluding hydrogens is 302 g/mol. The summed E-state index contributed by atoms with van der Waals surface area (Å²) in [6.07, 6.45) is 1.14. The zero-order valence-corrected chi connectivity index (χ0v) is 13.5. The fourth-order valence-electron chi connectivity index (χ4n) is 2.80. The molecule has 0 spiro atoms. The molecule has 0 fully saturated rings. The van der Waals surface area contributed by atoms with E-state index in [0.29, 0.717) is 19.0 Å². The Hall–Kier alpha value is -2.79. The molecule has 0 aliphatic rings. The van der Waals surface area contributed by atoms with Crippen LogP contribution < -0.4 is 15.0 Å². The van der Waals surface area contributed by atoms with E-state index in [1.807, 2.05) is 69.8 Å². The predicted octanol–water partition coefficient (Wildman–Crippen LogP) is 2.14. The fraction of sp³-hybridized carbons (Fsp3) is 0.211. The molecule has 0 saturated carbocycles. The van der Waals surface area contributed by atoms with Gasteiger partial charge in [-0.05, 0) is 24.3 Å². The number of imidazole rings is 1. The van der Waals surface area contributed by atoms with Gasteiger partial charge in [0.05, 0.1) is 6.54 Å². The molecule has 0 amide bonds. The van der Waals surface area contributed by atoms with E-state index in [0.717, 1.165) is 16.8 Å². The molecule has 0 unspecified atom stereocenters. The van der Waals surface area contributed by atoms with E-state index < -0.39 is 6.10 Å². The molecular formula is C19H22N3O2+. The topological polar surface area (TPSA) is 64.3 Å². The Morgan fingerprint density at radius 3 is 2.62 bits per heavy atom. The molecule has 3 N–H and O–H groups in total. The highest BCUT2D eigenvalue weighted by atomic mass is 16.5. The molecule has 1 heterocycles. The number of anilines is 1. The summed E-state index contributed by atoms with van der Waals surface area (Å²) in [7, 11) is 0. The minimum atomic E-state index is -0.666. The van der Waals surface area contributed by atoms with E-state index in [9.17, 15) is 5.11 Å². The summed E-state index contributed by atoms with van der Waals surface area (Å²) in [5.41, 5.74) is 8.29. The van der Waals surface area contributed by atoms with E-state index in [4.69, 9.17) is 10.5 Å². The number of nitrogens with zero attached hydrogens (tertiary/aromatic N) is 2. The quantitative estimate of drug-likeness (QED) is 0.517. The number of para-hydroxylation sites is 3. The number of nitrogen functional groups attached to an aromatic ring is 1. The fourth-order valence-corrected chi connectivity index (χ4v) is 2.80. The summed E-state index contributed by atoms with van der Waals surface area (Å²) in [6, 6.07) is 17.4. The Labute approximate surface area is 141 Å². The molecule has 124 valence electrons. The number of nitrogens with two attached hydrogens (primary N) is 1. The summed E-state index contributed by atoms with van der Waals surface area (Å²) in [6.45, 7) is 4.97. The van der Waals surface area contributed by atoms with Crippen molar-refractivity contribution in [2.45, 2.75) is 19.2 Å². The Balaban J connectivity index is 1.79. The van der Waals surface area contributed by atoms with Crippen molar-refractivity contribution in [3.8, 4) is 5.75 Å². The second kappa shape index (κ2) is 7.19. The van der Waals surface area contributed by atoms with Gasteiger partial charge in [0.2, 0.25) is 0 Å². The van der Waals surface area contributed by atoms with Gasteiger partial charge in [-0.25, -0.2) is 9.13 Å². The minimum Gasteiger partial charge on any atom is -0.491 e. The molecule has 0 aliphatic heterocycles. The smallest absolute Gasteiger partial charge is 0.356 e. The molecule has 3 aromatic rings. The largest absolute Gasteiger partial charge is 0.491 e. The number of aromatic nitrogens is 2. The van der Waals surface area contributed by atoms with Crippen LogP contribution in [0.15, 0.2) is 67.3 Å². The SMILES string of the molecule is C=CCn1c(N)[n+](C[C@@H](O)COc2ccccc2)c2ccccc21. The van der Waals surface area contributed by atoms with Crippen LogP contribution in [-0.2, 0) is 13.1 Å². The molecule has 3 rings (SSSR count). The second-order valence-corrected chi connectivity index (χ2v) is 5.63. The Kier molecular flexibility index (Phi) is 4.82. The number of aliphatic hydroxyl groups excluding tert-OH is 1. The highest BCUT2D eigenvalue weighted by Gasteiger charge is 2.22. The van der Waals surface area contributed by atoms with Gasteiger partial charge >= 0.3 is 5.95 Å². The van der Waals surface area contributed by atoms with Crippen LogP contribution in [0.4, 0.5) is 5.95 Å². The van der Waals surface area contributed by atoms with Crippen molar-refractivity contribution < 1.29 is 14.4 Å². The number of ether oxygens (including phenoxy) is 1. The van der Waals surface area contributed by atoms with Crippen molar-refractivity contribution >= 4 is 17.0 Å². The average Bonchev–Trinajstić information content (AvgIpc) is 2.87. The second-order valence-electron chi connectivity index (χ2n) is 5.63. The average molecular weight is 324 g/mol. The molecule has 2 aromatic carbocycles. The van der Waals surface area contributed by atoms with Gasteiger partial charge in [-0.15, -0.1) is 0 Å². The minimum absolute atomic E-state index is 0.206. The van der Waals surface area contributed by atoms with Crippen LogP contribution in [-0.4, -0.2) is 22.4 Å². The van der Waals surface area contributed by atoms with Gasteiger partial charge in [0.25, 0.3) is 0 Å². The molecule has 0 aliphatic carbocycles. The summed E-state index contributed by atoms with van der Waals surface area (Å²) in [5.74, 6) is 1.33. The molecule has 1 aromatic heterocycles. The Morgan fingerprint density at radius 1 is 1.17 bits per heavy atom. The van der Waals surface area contributed by atoms with E-state index in [1.54, 1.807) is 0 Å². The van der Waals surface area contributed by atoms with Crippen LogP contribution >= 0.6 is 0 Å². The zero-order valence-electron chi connectivity index (χ0n) is 13.5. The number of hydrogen-bond donors (Lipinski definition) is 2. The summed E-state index contributed by atoms with van der Waals surface area (Å²) in [5, 5.41) is 10.4. The molecule has 0 radical (unpaired) electrons. The van der Waals surface area contributed by atoms with Crippen LogP contribution in [0.5, 0.6) is 5.75 Å². The molecule has 24 heavy (non-hydrogen) atoms. The van der Waals surface area contributed by atoms with Crippen LogP contribution in [0.1, 0.15) is 0 Å². The van der Waals surface area contributed by atoms with Gasteiger partial charge in [-0.3, -0.25) is 5.73 Å². The van der Waals surface area contributed by atoms with Gasteiger partial charge in [0.1, 0.15) is 36.0 Å². The van der Waals surface area contributed by atoms with E-state index in [1.165, 1.54) is 0 Å². The van der Waals surface area contributed by atoms with E-state index in [2.05, 4.69) is 6.58 Å². The number of rotatable bonds is 7. The Bertz CT molecular complexity index is 827. The lowest BCUT2D eigenvalue weighted by molar-refractivity contribution is -0.665. The third-order valence-electron chi connectivity index (χ3n) is 3.91. The van der Waals surface area contributed by atoms with Crippen molar-refractivity contribution in [3.63, 3.8) is 0 Å². The highest BCUT2D eigenvalue weighted by molar-refractivity contribution is 5.73. The highest BCUT2D eigenvalue weighted by Crippen LogP contribution is 2.16. The number of aliphatic hydroxyl groups is 1. The van der Waals surface area contributed by atoms with Crippen LogP contribution in [0.2, 0.25) is 0 Å². The van der Waals surface area contributed by atoms with E-state index in [-0.39, 0.29) is 6.61 Å². The first-order chi connectivity index (χ1) is 11.7. The van der Waals surface area contributed by atoms with Crippen molar-refractivity contribution in [1.29, 1.82) is 0 Å². The van der Waals surface area contributed by atoms with Crippen molar-refractivity contribution in [1.82, 2.24) is 4.57 Å². The van der Waals surface area contributed by atoms with E-state index >= 15 is 0 Å². The standard InChI is InChI=1S/C19H21N3O2/c1-2-12-21-17-10-6-7-11-18(17)22(19(21)20)13-15(23)14-24-16-8-4-3-5-9-16/h2-11,15,20,23H,1,12-14H2/p+1/t15-/m1/s1. The number of allylic oxidation sites excluding steroid dienone is 1. The first-order valence-corrected chi connectivity index (χ1v) is 7.94. The maximum Gasteiger partial charge on any atom is 0.356 e. The summed E-state index contributed by atoms with van der Waals surface area (Å²) < 4.78 is 9.51. The van der Waals surface area contributed by atoms with Crippen LogP contribution in [0, 0.1) is 0 Å². The maximum atomic E-state index is 10.4. The van der Waals surface area contributed by atoms with Crippen molar-refractivity contribution in [3.05, 3.63) is 67.3 Å². The van der Waals surface area contributed by atoms with Crippen LogP contribution in [0.25, 0.3) is 11.0 Å². The van der Waals surface area contributed by atoms with Crippen LogP contribution in [0.3, 0.4) is 0 Å². The predicted molar refractivity (Wildman–Crippen MR) is 94.7 cm³/mol. The third kappa shape index (κ3) is 3.26. The van der Waals surface area contributed by atoms with Gasteiger partial charge in [-0.1, -0.05) is 43.0 Å². The van der Waals surface area contributed by atoms with Crippen molar-refractivity contribution in [2.24, 2.45) is 0 Å². The number of hydrogen-bond acceptors (Lipinski definition) is 3. The zero-order chi connectivity index (χ0) is 16.9. The normalized spacial score (nSPS) is 12.2. The molecule has 5 heteroatoms. The van der Waals surface area contributed by atoms with Gasteiger partial charge < -0.3 is 9.84 Å². The lowest BCUT2D eigenvalue weighted by Gasteiger charge is -2.12. The molecule has 5 nitrogen and oxygen atoms in total. The maximum absolute atomic E-state index is 10.4.